The fraction of sp³-hybridized carbons (Fsp3) is 0.800. The summed E-state index contributed by atoms with van der Waals surface area (Å²) in [5, 5.41) is 0. The third kappa shape index (κ3) is 48.3. The van der Waals surface area contributed by atoms with E-state index in [1.54, 1.807) is 0 Å². The summed E-state index contributed by atoms with van der Waals surface area (Å²) >= 11 is 0. The number of rotatable bonds is 47. The fourth-order valence-corrected chi connectivity index (χ4v) is 7.33. The highest BCUT2D eigenvalue weighted by atomic mass is 16.6. The van der Waals surface area contributed by atoms with Crippen LogP contribution in [0.4, 0.5) is 0 Å². The lowest BCUT2D eigenvalue weighted by molar-refractivity contribution is -0.167. The zero-order valence-electron chi connectivity index (χ0n) is 40.4. The maximum absolute atomic E-state index is 12.8. The highest BCUT2D eigenvalue weighted by Gasteiger charge is 2.19. The van der Waals surface area contributed by atoms with Crippen LogP contribution in [0.5, 0.6) is 0 Å². The summed E-state index contributed by atoms with van der Waals surface area (Å²) in [6, 6.07) is 0. The van der Waals surface area contributed by atoms with Crippen LogP contribution in [-0.2, 0) is 28.6 Å². The monoisotopic (exact) mass is 855 g/mol. The SMILES string of the molecule is CCCCCCC/C=C\C/C=C\C/C=C\CCCCCCCCC(=O)OCC(COC(=O)CCCCCCCCCC)OC(=O)CCCCCCC/C=C\CCCCCCC. The van der Waals surface area contributed by atoms with Gasteiger partial charge in [0.05, 0.1) is 0 Å². The number of carbonyl (C=O) groups excluding carboxylic acids is 3. The average molecular weight is 855 g/mol. The standard InChI is InChI=1S/C55H98O6/c1-4-7-10-13-16-19-21-23-25-26-27-28-29-30-31-33-34-36-39-42-45-48-54(57)60-51-52(50-59-53(56)47-44-41-38-18-15-12-9-6-3)61-55(58)49-46-43-40-37-35-32-24-22-20-17-14-11-8-5-2/h21-24,26-27,29-30,52H,4-20,25,28,31-51H2,1-3H3/b23-21-,24-22-,27-26-,30-29-. The van der Waals surface area contributed by atoms with Gasteiger partial charge in [0.1, 0.15) is 13.2 Å². The van der Waals surface area contributed by atoms with Gasteiger partial charge in [-0.2, -0.15) is 0 Å². The van der Waals surface area contributed by atoms with Crippen molar-refractivity contribution in [2.45, 2.75) is 271 Å². The molecule has 0 aromatic carbocycles. The molecule has 0 aliphatic rings. The Kier molecular flexibility index (Phi) is 47.9. The number of carbonyl (C=O) groups is 3. The Bertz CT molecular complexity index is 1070. The second-order valence-electron chi connectivity index (χ2n) is 17.4. The summed E-state index contributed by atoms with van der Waals surface area (Å²) in [6.45, 7) is 6.58. The highest BCUT2D eigenvalue weighted by Crippen LogP contribution is 2.14. The van der Waals surface area contributed by atoms with Crippen molar-refractivity contribution in [2.24, 2.45) is 0 Å². The van der Waals surface area contributed by atoms with Crippen molar-refractivity contribution in [1.29, 1.82) is 0 Å². The molecule has 6 heteroatoms. The number of ether oxygens (including phenoxy) is 3. The van der Waals surface area contributed by atoms with Crippen LogP contribution in [-0.4, -0.2) is 37.2 Å². The van der Waals surface area contributed by atoms with Crippen molar-refractivity contribution in [3.63, 3.8) is 0 Å². The van der Waals surface area contributed by atoms with Crippen LogP contribution in [0.15, 0.2) is 48.6 Å². The van der Waals surface area contributed by atoms with Crippen molar-refractivity contribution in [3.05, 3.63) is 48.6 Å². The van der Waals surface area contributed by atoms with Gasteiger partial charge in [-0.05, 0) is 83.5 Å². The van der Waals surface area contributed by atoms with Crippen molar-refractivity contribution < 1.29 is 28.6 Å². The lowest BCUT2D eigenvalue weighted by Crippen LogP contribution is -2.30. The Morgan fingerprint density at radius 1 is 0.328 bits per heavy atom. The Labute approximate surface area is 378 Å². The molecule has 0 spiro atoms. The van der Waals surface area contributed by atoms with E-state index in [-0.39, 0.29) is 31.1 Å². The maximum Gasteiger partial charge on any atom is 0.306 e. The molecule has 0 rings (SSSR count). The van der Waals surface area contributed by atoms with Gasteiger partial charge in [0.15, 0.2) is 6.10 Å². The molecule has 6 nitrogen and oxygen atoms in total. The maximum atomic E-state index is 12.8. The van der Waals surface area contributed by atoms with Crippen molar-refractivity contribution in [3.8, 4) is 0 Å². The summed E-state index contributed by atoms with van der Waals surface area (Å²) < 4.78 is 16.7. The summed E-state index contributed by atoms with van der Waals surface area (Å²) in [5.41, 5.74) is 0. The number of hydrogen-bond donors (Lipinski definition) is 0. The highest BCUT2D eigenvalue weighted by molar-refractivity contribution is 5.71. The quantitative estimate of drug-likeness (QED) is 0.0263. The van der Waals surface area contributed by atoms with Gasteiger partial charge in [0.2, 0.25) is 0 Å². The largest absolute Gasteiger partial charge is 0.462 e. The molecule has 0 amide bonds. The van der Waals surface area contributed by atoms with E-state index in [0.29, 0.717) is 19.3 Å². The Morgan fingerprint density at radius 3 is 0.934 bits per heavy atom. The van der Waals surface area contributed by atoms with Gasteiger partial charge in [0.25, 0.3) is 0 Å². The van der Waals surface area contributed by atoms with Gasteiger partial charge in [-0.3, -0.25) is 14.4 Å². The van der Waals surface area contributed by atoms with Gasteiger partial charge < -0.3 is 14.2 Å². The zero-order chi connectivity index (χ0) is 44.4. The molecule has 0 heterocycles. The molecule has 1 unspecified atom stereocenters. The molecule has 0 N–H and O–H groups in total. The first-order chi connectivity index (χ1) is 30.0. The minimum absolute atomic E-state index is 0.0794. The minimum Gasteiger partial charge on any atom is -0.462 e. The van der Waals surface area contributed by atoms with Crippen molar-refractivity contribution in [1.82, 2.24) is 0 Å². The number of unbranched alkanes of at least 4 members (excludes halogenated alkanes) is 28. The molecule has 354 valence electrons. The topological polar surface area (TPSA) is 78.9 Å². The molecule has 0 aromatic rings. The van der Waals surface area contributed by atoms with Gasteiger partial charge in [-0.25, -0.2) is 0 Å². The molecule has 0 aliphatic heterocycles. The van der Waals surface area contributed by atoms with Crippen LogP contribution >= 0.6 is 0 Å². The lowest BCUT2D eigenvalue weighted by Gasteiger charge is -2.18. The minimum atomic E-state index is -0.778. The van der Waals surface area contributed by atoms with Crippen LogP contribution in [0.25, 0.3) is 0 Å². The average Bonchev–Trinajstić information content (AvgIpc) is 3.26. The summed E-state index contributed by atoms with van der Waals surface area (Å²) in [6.07, 6.45) is 59.6. The summed E-state index contributed by atoms with van der Waals surface area (Å²) in [5.74, 6) is -0.900. The third-order valence-corrected chi connectivity index (χ3v) is 11.3. The molecular formula is C55H98O6. The van der Waals surface area contributed by atoms with Gasteiger partial charge in [0, 0.05) is 19.3 Å². The van der Waals surface area contributed by atoms with Crippen LogP contribution in [0.2, 0.25) is 0 Å². The molecular weight excluding hydrogens is 757 g/mol. The Balaban J connectivity index is 4.29. The van der Waals surface area contributed by atoms with Crippen LogP contribution in [0.3, 0.4) is 0 Å². The smallest absolute Gasteiger partial charge is 0.306 e. The zero-order valence-corrected chi connectivity index (χ0v) is 40.4. The van der Waals surface area contributed by atoms with Crippen molar-refractivity contribution >= 4 is 17.9 Å². The summed E-state index contributed by atoms with van der Waals surface area (Å²) in [7, 11) is 0. The fourth-order valence-electron chi connectivity index (χ4n) is 7.33. The lowest BCUT2D eigenvalue weighted by atomic mass is 10.1. The van der Waals surface area contributed by atoms with Crippen LogP contribution < -0.4 is 0 Å². The van der Waals surface area contributed by atoms with Crippen LogP contribution in [0.1, 0.15) is 265 Å². The Morgan fingerprint density at radius 2 is 0.590 bits per heavy atom. The third-order valence-electron chi connectivity index (χ3n) is 11.3. The van der Waals surface area contributed by atoms with E-state index in [1.165, 1.54) is 135 Å². The van der Waals surface area contributed by atoms with E-state index >= 15 is 0 Å². The molecule has 0 aromatic heterocycles. The molecule has 0 fully saturated rings. The van der Waals surface area contributed by atoms with Crippen molar-refractivity contribution in [2.75, 3.05) is 13.2 Å². The number of esters is 3. The van der Waals surface area contributed by atoms with E-state index in [0.717, 1.165) is 89.9 Å². The van der Waals surface area contributed by atoms with Gasteiger partial charge >= 0.3 is 17.9 Å². The number of hydrogen-bond acceptors (Lipinski definition) is 6. The van der Waals surface area contributed by atoms with E-state index in [1.807, 2.05) is 0 Å². The molecule has 0 bridgehead atoms. The second kappa shape index (κ2) is 50.0. The van der Waals surface area contributed by atoms with Gasteiger partial charge in [-0.15, -0.1) is 0 Å². The normalized spacial score (nSPS) is 12.4. The predicted octanol–water partition coefficient (Wildman–Crippen LogP) is 17.1. The van der Waals surface area contributed by atoms with Crippen LogP contribution in [0, 0.1) is 0 Å². The summed E-state index contributed by atoms with van der Waals surface area (Å²) in [4.78, 5) is 37.8. The molecule has 61 heavy (non-hydrogen) atoms. The molecule has 0 saturated carbocycles. The first-order valence-electron chi connectivity index (χ1n) is 26.1. The molecule has 0 radical (unpaired) electrons. The second-order valence-corrected chi connectivity index (χ2v) is 17.4. The Hall–Kier alpha value is -2.63. The predicted molar refractivity (Wildman–Crippen MR) is 261 cm³/mol. The van der Waals surface area contributed by atoms with E-state index in [2.05, 4.69) is 69.4 Å². The first kappa shape index (κ1) is 58.4. The first-order valence-corrected chi connectivity index (χ1v) is 26.1. The molecule has 0 aliphatic carbocycles. The number of allylic oxidation sites excluding steroid dienone is 8. The molecule has 0 saturated heterocycles. The van der Waals surface area contributed by atoms with Gasteiger partial charge in [-0.1, -0.05) is 211 Å². The van der Waals surface area contributed by atoms with E-state index in [4.69, 9.17) is 14.2 Å². The molecule has 1 atom stereocenters. The van der Waals surface area contributed by atoms with E-state index in [9.17, 15) is 14.4 Å². The van der Waals surface area contributed by atoms with E-state index < -0.39 is 6.10 Å².